The topological polar surface area (TPSA) is 49.8 Å². The molecule has 4 nitrogen and oxygen atoms in total. The molecule has 0 aliphatic heterocycles. The summed E-state index contributed by atoms with van der Waals surface area (Å²) < 4.78 is 39.2. The van der Waals surface area contributed by atoms with Crippen LogP contribution in [0.5, 0.6) is 0 Å². The molecule has 0 aliphatic rings. The second-order valence-corrected chi connectivity index (χ2v) is 5.37. The van der Waals surface area contributed by atoms with Crippen molar-refractivity contribution in [3.05, 3.63) is 71.9 Å². The third-order valence-electron chi connectivity index (χ3n) is 3.54. The first-order valence-corrected chi connectivity index (χ1v) is 7.52. The fraction of sp³-hybridized carbons (Fsp3) is 0.111. The molecule has 0 radical (unpaired) electrons. The highest BCUT2D eigenvalue weighted by Gasteiger charge is 2.33. The molecule has 0 bridgehead atoms. The summed E-state index contributed by atoms with van der Waals surface area (Å²) in [6.07, 6.45) is -2.97. The quantitative estimate of drug-likeness (QED) is 0.675. The number of anilines is 4. The van der Waals surface area contributed by atoms with Gasteiger partial charge in [0.1, 0.15) is 5.82 Å². The number of hydrogen-bond donors (Lipinski definition) is 2. The van der Waals surface area contributed by atoms with Crippen molar-refractivity contribution < 1.29 is 13.2 Å². The summed E-state index contributed by atoms with van der Waals surface area (Å²) in [5.41, 5.74) is 1.03. The van der Waals surface area contributed by atoms with E-state index in [1.807, 2.05) is 31.2 Å². The van der Waals surface area contributed by atoms with Gasteiger partial charge in [0.05, 0.1) is 11.3 Å². The van der Waals surface area contributed by atoms with Gasteiger partial charge in [-0.15, -0.1) is 0 Å². The molecule has 3 aromatic rings. The highest BCUT2D eigenvalue weighted by Crippen LogP contribution is 2.35. The van der Waals surface area contributed by atoms with Crippen LogP contribution in [0.2, 0.25) is 0 Å². The molecule has 1 heterocycles. The lowest BCUT2D eigenvalue weighted by Gasteiger charge is -2.14. The monoisotopic (exact) mass is 344 g/mol. The van der Waals surface area contributed by atoms with Crippen molar-refractivity contribution in [3.8, 4) is 0 Å². The van der Waals surface area contributed by atoms with Crippen LogP contribution in [0.25, 0.3) is 0 Å². The molecule has 128 valence electrons. The number of nitrogens with zero attached hydrogens (tertiary/aromatic N) is 2. The predicted octanol–water partition coefficient (Wildman–Crippen LogP) is 5.29. The maximum absolute atomic E-state index is 13.1. The second kappa shape index (κ2) is 6.80. The first kappa shape index (κ1) is 16.8. The minimum atomic E-state index is -4.45. The number of hydrogen-bond acceptors (Lipinski definition) is 4. The molecule has 0 fully saturated rings. The van der Waals surface area contributed by atoms with E-state index in [4.69, 9.17) is 0 Å². The maximum atomic E-state index is 13.1. The summed E-state index contributed by atoms with van der Waals surface area (Å²) >= 11 is 0. The summed E-state index contributed by atoms with van der Waals surface area (Å²) in [6.45, 7) is 1.93. The zero-order valence-corrected chi connectivity index (χ0v) is 13.3. The van der Waals surface area contributed by atoms with Crippen molar-refractivity contribution in [3.63, 3.8) is 0 Å². The SMILES string of the molecule is Cc1ccccc1Nc1nccc(Nc2ccccc2C(F)(F)F)n1. The van der Waals surface area contributed by atoms with E-state index < -0.39 is 11.7 Å². The highest BCUT2D eigenvalue weighted by atomic mass is 19.4. The number of nitrogens with one attached hydrogen (secondary N) is 2. The minimum absolute atomic E-state index is 0.0597. The Bertz CT molecular complexity index is 878. The van der Waals surface area contributed by atoms with Crippen molar-refractivity contribution >= 4 is 23.1 Å². The molecule has 0 atom stereocenters. The summed E-state index contributed by atoms with van der Waals surface area (Å²) in [6, 6.07) is 14.4. The molecule has 0 amide bonds. The van der Waals surface area contributed by atoms with Gasteiger partial charge in [-0.05, 0) is 36.8 Å². The first-order valence-electron chi connectivity index (χ1n) is 7.52. The van der Waals surface area contributed by atoms with Crippen LogP contribution in [0.3, 0.4) is 0 Å². The van der Waals surface area contributed by atoms with Gasteiger partial charge in [0.2, 0.25) is 5.95 Å². The average molecular weight is 344 g/mol. The number of para-hydroxylation sites is 2. The molecule has 1 aromatic heterocycles. The molecular weight excluding hydrogens is 329 g/mol. The number of rotatable bonds is 4. The number of aromatic nitrogens is 2. The molecule has 0 aliphatic carbocycles. The van der Waals surface area contributed by atoms with Gasteiger partial charge in [-0.1, -0.05) is 30.3 Å². The Morgan fingerprint density at radius 2 is 1.52 bits per heavy atom. The zero-order valence-electron chi connectivity index (χ0n) is 13.3. The van der Waals surface area contributed by atoms with E-state index in [0.717, 1.165) is 17.3 Å². The molecule has 2 N–H and O–H groups in total. The predicted molar refractivity (Wildman–Crippen MR) is 91.2 cm³/mol. The lowest BCUT2D eigenvalue weighted by atomic mass is 10.1. The lowest BCUT2D eigenvalue weighted by molar-refractivity contribution is -0.136. The van der Waals surface area contributed by atoms with Crippen LogP contribution in [0.1, 0.15) is 11.1 Å². The Hall–Kier alpha value is -3.09. The number of aryl methyl sites for hydroxylation is 1. The molecule has 0 saturated heterocycles. The lowest BCUT2D eigenvalue weighted by Crippen LogP contribution is -2.09. The van der Waals surface area contributed by atoms with Crippen LogP contribution in [0, 0.1) is 6.92 Å². The van der Waals surface area contributed by atoms with Gasteiger partial charge in [-0.2, -0.15) is 18.2 Å². The van der Waals surface area contributed by atoms with Crippen molar-refractivity contribution in [2.24, 2.45) is 0 Å². The molecule has 7 heteroatoms. The van der Waals surface area contributed by atoms with Gasteiger partial charge in [0.15, 0.2) is 0 Å². The summed E-state index contributed by atoms with van der Waals surface area (Å²) in [7, 11) is 0. The van der Waals surface area contributed by atoms with Crippen molar-refractivity contribution in [1.29, 1.82) is 0 Å². The van der Waals surface area contributed by atoms with Gasteiger partial charge in [0.25, 0.3) is 0 Å². The average Bonchev–Trinajstić information content (AvgIpc) is 2.57. The van der Waals surface area contributed by atoms with Crippen LogP contribution in [-0.2, 0) is 6.18 Å². The fourth-order valence-corrected chi connectivity index (χ4v) is 2.30. The van der Waals surface area contributed by atoms with Gasteiger partial charge in [0, 0.05) is 11.9 Å². The Kier molecular flexibility index (Phi) is 4.56. The van der Waals surface area contributed by atoms with Crippen LogP contribution in [0.4, 0.5) is 36.3 Å². The Labute approximate surface area is 142 Å². The van der Waals surface area contributed by atoms with E-state index in [1.165, 1.54) is 30.5 Å². The van der Waals surface area contributed by atoms with Crippen molar-refractivity contribution in [2.45, 2.75) is 13.1 Å². The van der Waals surface area contributed by atoms with Gasteiger partial charge < -0.3 is 10.6 Å². The zero-order chi connectivity index (χ0) is 17.9. The molecule has 0 unspecified atom stereocenters. The van der Waals surface area contributed by atoms with E-state index >= 15 is 0 Å². The molecular formula is C18H15F3N4. The van der Waals surface area contributed by atoms with E-state index in [0.29, 0.717) is 5.95 Å². The van der Waals surface area contributed by atoms with Crippen LogP contribution in [0.15, 0.2) is 60.8 Å². The molecule has 0 spiro atoms. The van der Waals surface area contributed by atoms with Crippen molar-refractivity contribution in [1.82, 2.24) is 9.97 Å². The molecule has 3 rings (SSSR count). The highest BCUT2D eigenvalue weighted by molar-refractivity contribution is 5.63. The smallest absolute Gasteiger partial charge is 0.340 e. The van der Waals surface area contributed by atoms with E-state index in [-0.39, 0.29) is 11.5 Å². The number of halogens is 3. The van der Waals surface area contributed by atoms with Gasteiger partial charge >= 0.3 is 6.18 Å². The molecule has 0 saturated carbocycles. The first-order chi connectivity index (χ1) is 11.9. The summed E-state index contributed by atoms with van der Waals surface area (Å²) in [5.74, 6) is 0.562. The normalized spacial score (nSPS) is 11.2. The standard InChI is InChI=1S/C18H15F3N4/c1-12-6-2-4-8-14(12)24-17-22-11-10-16(25-17)23-15-9-5-3-7-13(15)18(19,20)21/h2-11H,1H3,(H2,22,23,24,25). The van der Waals surface area contributed by atoms with Crippen molar-refractivity contribution in [2.75, 3.05) is 10.6 Å². The van der Waals surface area contributed by atoms with E-state index in [1.54, 1.807) is 0 Å². The number of benzene rings is 2. The summed E-state index contributed by atoms with van der Waals surface area (Å²) in [4.78, 5) is 8.33. The van der Waals surface area contributed by atoms with Crippen LogP contribution in [-0.4, -0.2) is 9.97 Å². The minimum Gasteiger partial charge on any atom is -0.340 e. The Balaban J connectivity index is 1.85. The Morgan fingerprint density at radius 1 is 0.840 bits per heavy atom. The third kappa shape index (κ3) is 4.06. The molecule has 2 aromatic carbocycles. The largest absolute Gasteiger partial charge is 0.418 e. The third-order valence-corrected chi connectivity index (χ3v) is 3.54. The molecule has 25 heavy (non-hydrogen) atoms. The summed E-state index contributed by atoms with van der Waals surface area (Å²) in [5, 5.41) is 5.77. The fourth-order valence-electron chi connectivity index (χ4n) is 2.30. The van der Waals surface area contributed by atoms with Crippen LogP contribution < -0.4 is 10.6 Å². The van der Waals surface area contributed by atoms with Gasteiger partial charge in [-0.25, -0.2) is 4.98 Å². The number of alkyl halides is 3. The van der Waals surface area contributed by atoms with Gasteiger partial charge in [-0.3, -0.25) is 0 Å². The maximum Gasteiger partial charge on any atom is 0.418 e. The van der Waals surface area contributed by atoms with E-state index in [9.17, 15) is 13.2 Å². The van der Waals surface area contributed by atoms with E-state index in [2.05, 4.69) is 20.6 Å². The Morgan fingerprint density at radius 3 is 2.24 bits per heavy atom. The second-order valence-electron chi connectivity index (χ2n) is 5.37. The van der Waals surface area contributed by atoms with Crippen LogP contribution >= 0.6 is 0 Å².